The molecule has 1 N–H and O–H groups in total. The molecule has 1 aliphatic rings. The van der Waals surface area contributed by atoms with E-state index in [9.17, 15) is 13.5 Å². The molecule has 0 radical (unpaired) electrons. The average Bonchev–Trinajstić information content (AvgIpc) is 2.74. The van der Waals surface area contributed by atoms with Crippen LogP contribution in [0.1, 0.15) is 31.2 Å². The van der Waals surface area contributed by atoms with Crippen molar-refractivity contribution in [3.05, 3.63) is 65.9 Å². The van der Waals surface area contributed by atoms with E-state index in [4.69, 9.17) is 9.72 Å². The van der Waals surface area contributed by atoms with Crippen molar-refractivity contribution < 1.29 is 18.3 Å². The number of aliphatic hydroxyl groups excluding tert-OH is 1. The Hall–Kier alpha value is -2.48. The molecular formula is C23H26N2O4S. The standard InChI is InChI=1S/C23H26N2O4S/c1-15(2)14-25-21(23(26)19-6-4-5-7-22(19)30(25,27)28)13-17-9-8-16-12-18(29-3)10-11-20(16)24-17/h4-12,15,21,23,26H,13-14H2,1-3H3/t21-,23-/m0/s1. The van der Waals surface area contributed by atoms with E-state index in [-0.39, 0.29) is 10.8 Å². The highest BCUT2D eigenvalue weighted by atomic mass is 32.2. The Morgan fingerprint density at radius 2 is 1.90 bits per heavy atom. The molecule has 7 heteroatoms. The summed E-state index contributed by atoms with van der Waals surface area (Å²) >= 11 is 0. The Morgan fingerprint density at radius 3 is 2.63 bits per heavy atom. The Labute approximate surface area is 177 Å². The van der Waals surface area contributed by atoms with Gasteiger partial charge in [0.2, 0.25) is 10.0 Å². The molecule has 1 aromatic heterocycles. The van der Waals surface area contributed by atoms with Crippen LogP contribution < -0.4 is 4.74 Å². The molecule has 0 unspecified atom stereocenters. The minimum absolute atomic E-state index is 0.122. The molecule has 0 saturated carbocycles. The molecule has 2 heterocycles. The summed E-state index contributed by atoms with van der Waals surface area (Å²) in [4.78, 5) is 4.90. The summed E-state index contributed by atoms with van der Waals surface area (Å²) in [6.07, 6.45) is -0.597. The number of hydrogen-bond donors (Lipinski definition) is 1. The number of fused-ring (bicyclic) bond motifs is 2. The van der Waals surface area contributed by atoms with Gasteiger partial charge in [-0.2, -0.15) is 4.31 Å². The molecular weight excluding hydrogens is 400 g/mol. The van der Waals surface area contributed by atoms with E-state index in [1.165, 1.54) is 4.31 Å². The molecule has 2 aromatic carbocycles. The van der Waals surface area contributed by atoms with E-state index in [2.05, 4.69) is 0 Å². The summed E-state index contributed by atoms with van der Waals surface area (Å²) in [7, 11) is -2.08. The van der Waals surface area contributed by atoms with Crippen LogP contribution in [0.3, 0.4) is 0 Å². The fourth-order valence-electron chi connectivity index (χ4n) is 4.04. The fourth-order valence-corrected chi connectivity index (χ4v) is 6.07. The van der Waals surface area contributed by atoms with Crippen LogP contribution in [-0.2, 0) is 16.4 Å². The van der Waals surface area contributed by atoms with E-state index >= 15 is 0 Å². The molecule has 158 valence electrons. The monoisotopic (exact) mass is 426 g/mol. The van der Waals surface area contributed by atoms with Gasteiger partial charge >= 0.3 is 0 Å². The first-order valence-electron chi connectivity index (χ1n) is 10.0. The molecule has 4 rings (SSSR count). The minimum atomic E-state index is -3.70. The highest BCUT2D eigenvalue weighted by Gasteiger charge is 2.43. The van der Waals surface area contributed by atoms with Gasteiger partial charge in [0.1, 0.15) is 5.75 Å². The molecule has 0 fully saturated rings. The number of benzene rings is 2. The second-order valence-electron chi connectivity index (χ2n) is 8.08. The van der Waals surface area contributed by atoms with Crippen molar-refractivity contribution in [2.75, 3.05) is 13.7 Å². The Balaban J connectivity index is 1.75. The fraction of sp³-hybridized carbons (Fsp3) is 0.348. The number of ether oxygens (including phenoxy) is 1. The van der Waals surface area contributed by atoms with Crippen LogP contribution in [-0.4, -0.2) is 42.5 Å². The molecule has 6 nitrogen and oxygen atoms in total. The molecule has 3 aromatic rings. The first-order chi connectivity index (χ1) is 14.3. The van der Waals surface area contributed by atoms with Crippen LogP contribution in [0.5, 0.6) is 5.75 Å². The van der Waals surface area contributed by atoms with Crippen molar-refractivity contribution in [1.82, 2.24) is 9.29 Å². The zero-order chi connectivity index (χ0) is 21.5. The molecule has 30 heavy (non-hydrogen) atoms. The lowest BCUT2D eigenvalue weighted by Gasteiger charge is -2.40. The smallest absolute Gasteiger partial charge is 0.243 e. The van der Waals surface area contributed by atoms with E-state index in [1.54, 1.807) is 31.4 Å². The second kappa shape index (κ2) is 7.98. The van der Waals surface area contributed by atoms with E-state index < -0.39 is 22.2 Å². The summed E-state index contributed by atoms with van der Waals surface area (Å²) in [6, 6.07) is 15.6. The number of aromatic nitrogens is 1. The van der Waals surface area contributed by atoms with Crippen LogP contribution in [0.25, 0.3) is 10.9 Å². The number of pyridine rings is 1. The van der Waals surface area contributed by atoms with Gasteiger partial charge < -0.3 is 9.84 Å². The van der Waals surface area contributed by atoms with Crippen LogP contribution in [0.15, 0.2) is 59.5 Å². The molecule has 0 amide bonds. The molecule has 1 aliphatic heterocycles. The zero-order valence-electron chi connectivity index (χ0n) is 17.3. The number of sulfonamides is 1. The van der Waals surface area contributed by atoms with Crippen molar-refractivity contribution in [2.45, 2.75) is 37.3 Å². The summed E-state index contributed by atoms with van der Waals surface area (Å²) in [6.45, 7) is 4.28. The maximum Gasteiger partial charge on any atom is 0.243 e. The van der Waals surface area contributed by atoms with Crippen LogP contribution in [0.4, 0.5) is 0 Å². The van der Waals surface area contributed by atoms with E-state index in [0.717, 1.165) is 22.3 Å². The topological polar surface area (TPSA) is 79.7 Å². The second-order valence-corrected chi connectivity index (χ2v) is 9.94. The lowest BCUT2D eigenvalue weighted by Crippen LogP contribution is -2.50. The summed E-state index contributed by atoms with van der Waals surface area (Å²) in [5.74, 6) is 0.877. The lowest BCUT2D eigenvalue weighted by molar-refractivity contribution is 0.0749. The van der Waals surface area contributed by atoms with Crippen molar-refractivity contribution >= 4 is 20.9 Å². The van der Waals surface area contributed by atoms with Gasteiger partial charge in [-0.05, 0) is 36.2 Å². The van der Waals surface area contributed by atoms with Gasteiger partial charge in [0.15, 0.2) is 0 Å². The molecule has 2 atom stereocenters. The number of aliphatic hydroxyl groups is 1. The van der Waals surface area contributed by atoms with E-state index in [0.29, 0.717) is 18.5 Å². The zero-order valence-corrected chi connectivity index (χ0v) is 18.1. The number of nitrogens with zero attached hydrogens (tertiary/aromatic N) is 2. The largest absolute Gasteiger partial charge is 0.497 e. The normalized spacial score (nSPS) is 21.0. The third-order valence-corrected chi connectivity index (χ3v) is 7.44. The van der Waals surface area contributed by atoms with Gasteiger partial charge in [-0.25, -0.2) is 8.42 Å². The first-order valence-corrected chi connectivity index (χ1v) is 11.5. The van der Waals surface area contributed by atoms with Gasteiger partial charge in [0.05, 0.1) is 29.7 Å². The molecule has 0 bridgehead atoms. The number of hydrogen-bond acceptors (Lipinski definition) is 5. The quantitative estimate of drug-likeness (QED) is 0.675. The van der Waals surface area contributed by atoms with Gasteiger partial charge in [0, 0.05) is 29.6 Å². The predicted octanol–water partition coefficient (Wildman–Crippen LogP) is 3.55. The number of rotatable bonds is 5. The Kier molecular flexibility index (Phi) is 5.53. The van der Waals surface area contributed by atoms with E-state index in [1.807, 2.05) is 44.2 Å². The predicted molar refractivity (Wildman–Crippen MR) is 116 cm³/mol. The Morgan fingerprint density at radius 1 is 1.13 bits per heavy atom. The van der Waals surface area contributed by atoms with Gasteiger partial charge in [0.25, 0.3) is 0 Å². The molecule has 0 saturated heterocycles. The molecule has 0 spiro atoms. The average molecular weight is 427 g/mol. The van der Waals surface area contributed by atoms with Gasteiger partial charge in [-0.1, -0.05) is 38.1 Å². The third-order valence-electron chi connectivity index (χ3n) is 5.48. The maximum absolute atomic E-state index is 13.3. The van der Waals surface area contributed by atoms with Gasteiger partial charge in [-0.15, -0.1) is 0 Å². The third kappa shape index (κ3) is 3.69. The van der Waals surface area contributed by atoms with Crippen molar-refractivity contribution in [2.24, 2.45) is 5.92 Å². The minimum Gasteiger partial charge on any atom is -0.497 e. The lowest BCUT2D eigenvalue weighted by atomic mass is 9.96. The summed E-state index contributed by atoms with van der Waals surface area (Å²) < 4.78 is 33.4. The van der Waals surface area contributed by atoms with Crippen molar-refractivity contribution in [3.63, 3.8) is 0 Å². The highest BCUT2D eigenvalue weighted by Crippen LogP contribution is 2.38. The van der Waals surface area contributed by atoms with Crippen LogP contribution in [0.2, 0.25) is 0 Å². The first kappa shape index (κ1) is 20.8. The summed E-state index contributed by atoms with van der Waals surface area (Å²) in [5.41, 5.74) is 1.99. The Bertz CT molecular complexity index is 1180. The van der Waals surface area contributed by atoms with Gasteiger partial charge in [-0.3, -0.25) is 4.98 Å². The number of methoxy groups -OCH3 is 1. The SMILES string of the molecule is COc1ccc2nc(C[C@H]3[C@@H](O)c4ccccc4S(=O)(=O)N3CC(C)C)ccc2c1. The summed E-state index contributed by atoms with van der Waals surface area (Å²) in [5, 5.41) is 12.1. The maximum atomic E-state index is 13.3. The van der Waals surface area contributed by atoms with Crippen LogP contribution >= 0.6 is 0 Å². The van der Waals surface area contributed by atoms with Crippen LogP contribution in [0, 0.1) is 5.92 Å². The van der Waals surface area contributed by atoms with Crippen molar-refractivity contribution in [3.8, 4) is 5.75 Å². The highest BCUT2D eigenvalue weighted by molar-refractivity contribution is 7.89. The van der Waals surface area contributed by atoms with Crippen molar-refractivity contribution in [1.29, 1.82) is 0 Å². The molecule has 0 aliphatic carbocycles.